The fourth-order valence-corrected chi connectivity index (χ4v) is 3.99. The lowest BCUT2D eigenvalue weighted by Crippen LogP contribution is -2.42. The lowest BCUT2D eigenvalue weighted by atomic mass is 10.1. The number of ether oxygens (including phenoxy) is 1. The third kappa shape index (κ3) is 3.43. The maximum Gasteiger partial charge on any atom is 0.233 e. The first-order chi connectivity index (χ1) is 10.8. The number of hydrogen-bond donors (Lipinski definition) is 0. The molecule has 1 amide bonds. The second-order valence-electron chi connectivity index (χ2n) is 5.44. The molecule has 116 valence electrons. The van der Waals surface area contributed by atoms with E-state index in [1.807, 2.05) is 29.2 Å². The maximum atomic E-state index is 12.2. The molecule has 5 nitrogen and oxygen atoms in total. The highest BCUT2D eigenvalue weighted by Crippen LogP contribution is 2.38. The molecule has 1 atom stereocenters. The van der Waals surface area contributed by atoms with Crippen molar-refractivity contribution in [2.75, 3.05) is 45.1 Å². The van der Waals surface area contributed by atoms with Crippen LogP contribution in [0.1, 0.15) is 16.5 Å². The molecular weight excluding hydrogens is 298 g/mol. The summed E-state index contributed by atoms with van der Waals surface area (Å²) in [4.78, 5) is 16.5. The van der Waals surface area contributed by atoms with Gasteiger partial charge in [0, 0.05) is 26.2 Å². The van der Waals surface area contributed by atoms with E-state index in [0.717, 1.165) is 45.0 Å². The van der Waals surface area contributed by atoms with Crippen molar-refractivity contribution in [3.05, 3.63) is 35.4 Å². The van der Waals surface area contributed by atoms with Gasteiger partial charge in [-0.25, -0.2) is 0 Å². The van der Waals surface area contributed by atoms with Gasteiger partial charge < -0.3 is 9.64 Å². The zero-order valence-corrected chi connectivity index (χ0v) is 13.2. The Labute approximate surface area is 134 Å². The van der Waals surface area contributed by atoms with Gasteiger partial charge in [-0.15, -0.1) is 11.8 Å². The molecule has 3 rings (SSSR count). The third-order valence-electron chi connectivity index (χ3n) is 4.05. The van der Waals surface area contributed by atoms with Gasteiger partial charge in [-0.2, -0.15) is 5.26 Å². The first-order valence-corrected chi connectivity index (χ1v) is 8.54. The Morgan fingerprint density at radius 1 is 1.23 bits per heavy atom. The van der Waals surface area contributed by atoms with Crippen LogP contribution < -0.4 is 0 Å². The molecule has 1 aromatic carbocycles. The van der Waals surface area contributed by atoms with Crippen LogP contribution in [0.2, 0.25) is 0 Å². The zero-order valence-electron chi connectivity index (χ0n) is 12.4. The fraction of sp³-hybridized carbons (Fsp3) is 0.500. The van der Waals surface area contributed by atoms with E-state index in [2.05, 4.69) is 11.0 Å². The molecule has 22 heavy (non-hydrogen) atoms. The van der Waals surface area contributed by atoms with Crippen molar-refractivity contribution in [1.29, 1.82) is 5.26 Å². The molecule has 6 heteroatoms. The molecule has 0 aliphatic carbocycles. The Morgan fingerprint density at radius 2 is 1.95 bits per heavy atom. The number of amides is 1. The van der Waals surface area contributed by atoms with Crippen molar-refractivity contribution in [2.24, 2.45) is 0 Å². The molecule has 0 N–H and O–H groups in total. The highest BCUT2D eigenvalue weighted by atomic mass is 32.2. The molecule has 0 saturated carbocycles. The first-order valence-electron chi connectivity index (χ1n) is 7.49. The van der Waals surface area contributed by atoms with Crippen LogP contribution in [0.3, 0.4) is 0 Å². The number of benzene rings is 1. The van der Waals surface area contributed by atoms with Crippen molar-refractivity contribution < 1.29 is 9.53 Å². The minimum absolute atomic E-state index is 0.0706. The summed E-state index contributed by atoms with van der Waals surface area (Å²) in [6.07, 6.45) is 0. The fourth-order valence-electron chi connectivity index (χ4n) is 2.77. The van der Waals surface area contributed by atoms with E-state index >= 15 is 0 Å². The Bertz CT molecular complexity index is 564. The van der Waals surface area contributed by atoms with Gasteiger partial charge in [-0.3, -0.25) is 9.69 Å². The second-order valence-corrected chi connectivity index (χ2v) is 6.51. The molecule has 2 aliphatic rings. The van der Waals surface area contributed by atoms with Crippen LogP contribution in [0.15, 0.2) is 24.3 Å². The first kappa shape index (κ1) is 15.3. The van der Waals surface area contributed by atoms with E-state index in [-0.39, 0.29) is 11.3 Å². The number of carbonyl (C=O) groups is 1. The molecule has 1 aromatic rings. The van der Waals surface area contributed by atoms with E-state index in [1.165, 1.54) is 0 Å². The molecule has 2 heterocycles. The van der Waals surface area contributed by atoms with Crippen LogP contribution in [-0.2, 0) is 9.53 Å². The average Bonchev–Trinajstić information content (AvgIpc) is 2.95. The van der Waals surface area contributed by atoms with Crippen LogP contribution in [0.25, 0.3) is 0 Å². The third-order valence-corrected chi connectivity index (χ3v) is 5.31. The number of thioether (sulfide) groups is 1. The number of carbonyl (C=O) groups excluding carboxylic acids is 1. The van der Waals surface area contributed by atoms with E-state index in [0.29, 0.717) is 11.3 Å². The van der Waals surface area contributed by atoms with Gasteiger partial charge in [0.15, 0.2) is 0 Å². The maximum absolute atomic E-state index is 12.2. The molecule has 2 saturated heterocycles. The number of nitrogens with zero attached hydrogens (tertiary/aromatic N) is 3. The van der Waals surface area contributed by atoms with Crippen molar-refractivity contribution >= 4 is 17.7 Å². The van der Waals surface area contributed by atoms with Crippen LogP contribution in [0.5, 0.6) is 0 Å². The van der Waals surface area contributed by atoms with Crippen LogP contribution in [-0.4, -0.2) is 60.9 Å². The number of hydrogen-bond acceptors (Lipinski definition) is 5. The van der Waals surface area contributed by atoms with E-state index < -0.39 is 0 Å². The van der Waals surface area contributed by atoms with E-state index in [4.69, 9.17) is 10.00 Å². The monoisotopic (exact) mass is 317 g/mol. The molecule has 0 radical (unpaired) electrons. The Hall–Kier alpha value is -1.55. The number of nitriles is 1. The van der Waals surface area contributed by atoms with Gasteiger partial charge in [0.2, 0.25) is 5.91 Å². The lowest BCUT2D eigenvalue weighted by molar-refractivity contribution is -0.128. The quantitative estimate of drug-likeness (QED) is 0.841. The molecule has 1 unspecified atom stereocenters. The van der Waals surface area contributed by atoms with Crippen molar-refractivity contribution in [3.8, 4) is 6.07 Å². The van der Waals surface area contributed by atoms with Gasteiger partial charge in [-0.05, 0) is 17.7 Å². The second kappa shape index (κ2) is 7.14. The molecule has 0 bridgehead atoms. The Kier molecular flexibility index (Phi) is 4.98. The summed E-state index contributed by atoms with van der Waals surface area (Å²) in [5.41, 5.74) is 1.75. The largest absolute Gasteiger partial charge is 0.379 e. The molecule has 2 fully saturated rings. The summed E-state index contributed by atoms with van der Waals surface area (Å²) in [6.45, 7) is 5.08. The van der Waals surface area contributed by atoms with Crippen molar-refractivity contribution in [3.63, 3.8) is 0 Å². The molecule has 0 aromatic heterocycles. The van der Waals surface area contributed by atoms with Crippen molar-refractivity contribution in [1.82, 2.24) is 9.80 Å². The van der Waals surface area contributed by atoms with Crippen LogP contribution in [0.4, 0.5) is 0 Å². The summed E-state index contributed by atoms with van der Waals surface area (Å²) in [6, 6.07) is 9.67. The predicted octanol–water partition coefficient (Wildman–Crippen LogP) is 1.46. The van der Waals surface area contributed by atoms with Gasteiger partial charge in [-0.1, -0.05) is 12.1 Å². The van der Waals surface area contributed by atoms with Gasteiger partial charge in [0.1, 0.15) is 5.37 Å². The summed E-state index contributed by atoms with van der Waals surface area (Å²) in [5, 5.41) is 8.95. The van der Waals surface area contributed by atoms with E-state index in [9.17, 15) is 4.79 Å². The zero-order chi connectivity index (χ0) is 15.4. The average molecular weight is 317 g/mol. The number of morpholine rings is 1. The number of rotatable bonds is 4. The van der Waals surface area contributed by atoms with Crippen molar-refractivity contribution in [2.45, 2.75) is 5.37 Å². The van der Waals surface area contributed by atoms with Gasteiger partial charge >= 0.3 is 0 Å². The summed E-state index contributed by atoms with van der Waals surface area (Å²) < 4.78 is 5.35. The Balaban J connectivity index is 1.64. The highest BCUT2D eigenvalue weighted by molar-refractivity contribution is 8.00. The summed E-state index contributed by atoms with van der Waals surface area (Å²) >= 11 is 1.66. The highest BCUT2D eigenvalue weighted by Gasteiger charge is 2.32. The predicted molar refractivity (Wildman–Crippen MR) is 85.3 cm³/mol. The standard InChI is InChI=1S/C16H19N3O2S/c17-11-13-1-3-14(4-2-13)16-19(15(20)12-22-16)6-5-18-7-9-21-10-8-18/h1-4,16H,5-10,12H2. The molecule has 2 aliphatic heterocycles. The molecular formula is C16H19N3O2S. The minimum Gasteiger partial charge on any atom is -0.379 e. The smallest absolute Gasteiger partial charge is 0.233 e. The molecule has 0 spiro atoms. The van der Waals surface area contributed by atoms with Gasteiger partial charge in [0.05, 0.1) is 30.6 Å². The summed E-state index contributed by atoms with van der Waals surface area (Å²) in [7, 11) is 0. The van der Waals surface area contributed by atoms with Crippen LogP contribution in [0, 0.1) is 11.3 Å². The van der Waals surface area contributed by atoms with E-state index in [1.54, 1.807) is 11.8 Å². The topological polar surface area (TPSA) is 56.6 Å². The van der Waals surface area contributed by atoms with Gasteiger partial charge in [0.25, 0.3) is 0 Å². The van der Waals surface area contributed by atoms with Crippen LogP contribution >= 0.6 is 11.8 Å². The minimum atomic E-state index is 0.0706. The Morgan fingerprint density at radius 3 is 2.64 bits per heavy atom. The SMILES string of the molecule is N#Cc1ccc(C2SCC(=O)N2CCN2CCOCC2)cc1. The normalized spacial score (nSPS) is 22.8. The lowest BCUT2D eigenvalue weighted by Gasteiger charge is -2.30. The summed E-state index contributed by atoms with van der Waals surface area (Å²) in [5.74, 6) is 0.737.